The van der Waals surface area contributed by atoms with Crippen LogP contribution in [0.1, 0.15) is 40.6 Å². The Kier molecular flexibility index (Phi) is 3.98. The van der Waals surface area contributed by atoms with Gasteiger partial charge in [-0.2, -0.15) is 5.10 Å². The average molecular weight is 302 g/mol. The van der Waals surface area contributed by atoms with Gasteiger partial charge in [-0.3, -0.25) is 14.8 Å². The highest BCUT2D eigenvalue weighted by molar-refractivity contribution is 5.94. The second-order valence-electron chi connectivity index (χ2n) is 6.02. The number of aromatic nitrogens is 4. The van der Waals surface area contributed by atoms with Crippen molar-refractivity contribution in [2.75, 3.05) is 20.6 Å². The van der Waals surface area contributed by atoms with Gasteiger partial charge >= 0.3 is 0 Å². The van der Waals surface area contributed by atoms with E-state index in [9.17, 15) is 4.79 Å². The van der Waals surface area contributed by atoms with E-state index in [1.165, 1.54) is 5.69 Å². The fourth-order valence-corrected chi connectivity index (χ4v) is 3.05. The molecule has 118 valence electrons. The summed E-state index contributed by atoms with van der Waals surface area (Å²) in [5.74, 6) is -0.00358. The molecule has 0 bridgehead atoms. The summed E-state index contributed by atoms with van der Waals surface area (Å²) >= 11 is 0. The molecule has 0 unspecified atom stereocenters. The Hall–Kier alpha value is -2.15. The number of imidazole rings is 1. The number of H-pyrrole nitrogens is 1. The molecule has 2 aromatic rings. The van der Waals surface area contributed by atoms with Crippen molar-refractivity contribution in [3.63, 3.8) is 0 Å². The van der Waals surface area contributed by atoms with E-state index < -0.39 is 0 Å². The van der Waals surface area contributed by atoms with E-state index in [0.29, 0.717) is 5.56 Å². The highest BCUT2D eigenvalue weighted by Crippen LogP contribution is 2.33. The third-order valence-electron chi connectivity index (χ3n) is 4.28. The fourth-order valence-electron chi connectivity index (χ4n) is 3.05. The van der Waals surface area contributed by atoms with Crippen LogP contribution in [-0.2, 0) is 13.6 Å². The molecule has 0 aliphatic carbocycles. The van der Waals surface area contributed by atoms with Crippen molar-refractivity contribution in [3.05, 3.63) is 35.7 Å². The zero-order valence-electron chi connectivity index (χ0n) is 13.3. The van der Waals surface area contributed by atoms with Gasteiger partial charge in [0.25, 0.3) is 5.91 Å². The van der Waals surface area contributed by atoms with Crippen LogP contribution in [0, 0.1) is 0 Å². The molecule has 7 heteroatoms. The number of aromatic amines is 1. The van der Waals surface area contributed by atoms with Gasteiger partial charge in [0.2, 0.25) is 0 Å². The smallest absolute Gasteiger partial charge is 0.256 e. The minimum Gasteiger partial charge on any atom is -0.345 e. The summed E-state index contributed by atoms with van der Waals surface area (Å²) in [4.78, 5) is 20.4. The summed E-state index contributed by atoms with van der Waals surface area (Å²) in [6, 6.07) is 0.205. The third-order valence-corrected chi connectivity index (χ3v) is 4.28. The minimum absolute atomic E-state index is 0.00358. The first-order valence-corrected chi connectivity index (χ1v) is 7.52. The lowest BCUT2D eigenvalue weighted by Crippen LogP contribution is -2.27. The zero-order valence-corrected chi connectivity index (χ0v) is 13.3. The van der Waals surface area contributed by atoms with Gasteiger partial charge in [0.15, 0.2) is 0 Å². The second kappa shape index (κ2) is 5.92. The summed E-state index contributed by atoms with van der Waals surface area (Å²) < 4.78 is 2.04. The molecular weight excluding hydrogens is 280 g/mol. The van der Waals surface area contributed by atoms with Gasteiger partial charge in [0.05, 0.1) is 35.5 Å². The van der Waals surface area contributed by atoms with Crippen LogP contribution in [0.3, 0.4) is 0 Å². The fraction of sp³-hybridized carbons (Fsp3) is 0.533. The first-order valence-electron chi connectivity index (χ1n) is 7.52. The van der Waals surface area contributed by atoms with Crippen molar-refractivity contribution in [3.8, 4) is 0 Å². The Balaban J connectivity index is 1.83. The SMILES string of the molecule is CN(C)C(=O)c1cn[nH]c1[C@@H]1CCCN1Cc1cncn1C. The molecule has 3 heterocycles. The number of hydrogen-bond donors (Lipinski definition) is 1. The van der Waals surface area contributed by atoms with Crippen molar-refractivity contribution < 1.29 is 4.79 Å². The minimum atomic E-state index is -0.00358. The molecule has 1 fully saturated rings. The first kappa shape index (κ1) is 14.8. The van der Waals surface area contributed by atoms with Gasteiger partial charge in [-0.1, -0.05) is 0 Å². The average Bonchev–Trinajstić information content (AvgIpc) is 3.20. The van der Waals surface area contributed by atoms with Gasteiger partial charge in [-0.15, -0.1) is 0 Å². The van der Waals surface area contributed by atoms with Crippen LogP contribution in [0.2, 0.25) is 0 Å². The first-order chi connectivity index (χ1) is 10.6. The largest absolute Gasteiger partial charge is 0.345 e. The summed E-state index contributed by atoms with van der Waals surface area (Å²) in [5.41, 5.74) is 2.78. The molecule has 7 nitrogen and oxygen atoms in total. The van der Waals surface area contributed by atoms with Crippen LogP contribution in [0.15, 0.2) is 18.7 Å². The topological polar surface area (TPSA) is 70.1 Å². The van der Waals surface area contributed by atoms with Crippen molar-refractivity contribution in [1.29, 1.82) is 0 Å². The molecule has 0 aromatic carbocycles. The second-order valence-corrected chi connectivity index (χ2v) is 6.02. The quantitative estimate of drug-likeness (QED) is 0.921. The Morgan fingerprint density at radius 1 is 1.45 bits per heavy atom. The molecule has 0 saturated carbocycles. The van der Waals surface area contributed by atoms with Crippen molar-refractivity contribution in [2.45, 2.75) is 25.4 Å². The van der Waals surface area contributed by atoms with Gasteiger partial charge in [0.1, 0.15) is 0 Å². The number of carbonyl (C=O) groups excluding carboxylic acids is 1. The molecule has 1 atom stereocenters. The van der Waals surface area contributed by atoms with Crippen LogP contribution in [0.25, 0.3) is 0 Å². The van der Waals surface area contributed by atoms with Crippen LogP contribution in [0.5, 0.6) is 0 Å². The molecule has 0 spiro atoms. The molecule has 1 amide bonds. The zero-order chi connectivity index (χ0) is 15.7. The van der Waals surface area contributed by atoms with E-state index in [0.717, 1.165) is 31.6 Å². The standard InChI is InChI=1S/C15H22N6O/c1-19(2)15(22)12-8-17-18-14(12)13-5-4-6-21(13)9-11-7-16-10-20(11)3/h7-8,10,13H,4-6,9H2,1-3H3,(H,17,18)/t13-/m0/s1. The number of hydrogen-bond acceptors (Lipinski definition) is 4. The number of carbonyl (C=O) groups is 1. The number of amides is 1. The number of aryl methyl sites for hydroxylation is 1. The van der Waals surface area contributed by atoms with E-state index >= 15 is 0 Å². The van der Waals surface area contributed by atoms with Crippen LogP contribution in [0.4, 0.5) is 0 Å². The lowest BCUT2D eigenvalue weighted by Gasteiger charge is -2.24. The van der Waals surface area contributed by atoms with Crippen LogP contribution in [-0.4, -0.2) is 56.1 Å². The van der Waals surface area contributed by atoms with E-state index in [4.69, 9.17) is 0 Å². The molecule has 3 rings (SSSR count). The maximum Gasteiger partial charge on any atom is 0.256 e. The van der Waals surface area contributed by atoms with Crippen molar-refractivity contribution >= 4 is 5.91 Å². The molecule has 0 radical (unpaired) electrons. The summed E-state index contributed by atoms with van der Waals surface area (Å²) in [6.07, 6.45) is 7.51. The Morgan fingerprint density at radius 3 is 2.95 bits per heavy atom. The van der Waals surface area contributed by atoms with Crippen LogP contribution >= 0.6 is 0 Å². The van der Waals surface area contributed by atoms with Gasteiger partial charge in [-0.05, 0) is 19.4 Å². The lowest BCUT2D eigenvalue weighted by atomic mass is 10.1. The highest BCUT2D eigenvalue weighted by Gasteiger charge is 2.31. The third kappa shape index (κ3) is 2.64. The summed E-state index contributed by atoms with van der Waals surface area (Å²) in [7, 11) is 5.53. The molecule has 1 aliphatic heterocycles. The molecule has 2 aromatic heterocycles. The molecule has 1 aliphatic rings. The normalized spacial score (nSPS) is 18.8. The Bertz CT molecular complexity index is 659. The van der Waals surface area contributed by atoms with E-state index in [1.54, 1.807) is 25.2 Å². The van der Waals surface area contributed by atoms with Gasteiger partial charge < -0.3 is 9.47 Å². The number of rotatable bonds is 4. The predicted molar refractivity (Wildman–Crippen MR) is 82.2 cm³/mol. The van der Waals surface area contributed by atoms with E-state index in [-0.39, 0.29) is 11.9 Å². The molecule has 1 saturated heterocycles. The number of nitrogens with zero attached hydrogens (tertiary/aromatic N) is 5. The highest BCUT2D eigenvalue weighted by atomic mass is 16.2. The predicted octanol–water partition coefficient (Wildman–Crippen LogP) is 1.18. The lowest BCUT2D eigenvalue weighted by molar-refractivity contribution is 0.0824. The Labute approximate surface area is 129 Å². The molecular formula is C15H22N6O. The Morgan fingerprint density at radius 2 is 2.27 bits per heavy atom. The maximum atomic E-state index is 12.3. The molecule has 22 heavy (non-hydrogen) atoms. The van der Waals surface area contributed by atoms with Crippen molar-refractivity contribution in [2.24, 2.45) is 7.05 Å². The summed E-state index contributed by atoms with van der Waals surface area (Å²) in [5, 5.41) is 7.15. The van der Waals surface area contributed by atoms with Crippen molar-refractivity contribution in [1.82, 2.24) is 29.5 Å². The monoisotopic (exact) mass is 302 g/mol. The molecule has 1 N–H and O–H groups in total. The van der Waals surface area contributed by atoms with Gasteiger partial charge in [0, 0.05) is 33.9 Å². The number of nitrogens with one attached hydrogen (secondary N) is 1. The van der Waals surface area contributed by atoms with Gasteiger partial charge in [-0.25, -0.2) is 4.98 Å². The number of likely N-dealkylation sites (tertiary alicyclic amines) is 1. The van der Waals surface area contributed by atoms with E-state index in [2.05, 4.69) is 20.1 Å². The van der Waals surface area contributed by atoms with E-state index in [1.807, 2.05) is 24.1 Å². The van der Waals surface area contributed by atoms with Crippen LogP contribution < -0.4 is 0 Å². The maximum absolute atomic E-state index is 12.3. The summed E-state index contributed by atoms with van der Waals surface area (Å²) in [6.45, 7) is 1.85.